The molecule has 1 aromatic carbocycles. The van der Waals surface area contributed by atoms with Crippen molar-refractivity contribution in [3.63, 3.8) is 0 Å². The lowest BCUT2D eigenvalue weighted by Crippen LogP contribution is -2.02. The van der Waals surface area contributed by atoms with E-state index in [9.17, 15) is 0 Å². The van der Waals surface area contributed by atoms with Crippen LogP contribution in [0.25, 0.3) is 11.0 Å². The minimum atomic E-state index is 0.185. The van der Waals surface area contributed by atoms with Crippen molar-refractivity contribution < 1.29 is 0 Å². The molecule has 0 aliphatic heterocycles. The van der Waals surface area contributed by atoms with Gasteiger partial charge in [-0.1, -0.05) is 0 Å². The lowest BCUT2D eigenvalue weighted by atomic mass is 10.1. The Hall–Kier alpha value is -2.36. The van der Waals surface area contributed by atoms with Crippen molar-refractivity contribution in [1.82, 2.24) is 15.0 Å². The van der Waals surface area contributed by atoms with Crippen LogP contribution in [0.15, 0.2) is 30.5 Å². The maximum atomic E-state index is 7.72. The predicted octanol–water partition coefficient (Wildman–Crippen LogP) is 2.63. The minimum absolute atomic E-state index is 0.185. The average Bonchev–Trinajstić information content (AvgIpc) is 2.88. The Morgan fingerprint density at radius 3 is 2.81 bits per heavy atom. The highest BCUT2D eigenvalue weighted by Crippen LogP contribution is 2.26. The molecule has 0 unspecified atom stereocenters. The van der Waals surface area contributed by atoms with Crippen LogP contribution >= 0.6 is 22.6 Å². The molecule has 0 radical (unpaired) electrons. The summed E-state index contributed by atoms with van der Waals surface area (Å²) in [6.07, 6.45) is 1.78. The third kappa shape index (κ3) is 2.61. The number of nitrogens with zero attached hydrogens (tertiary/aromatic N) is 2. The minimum Gasteiger partial charge on any atom is -0.398 e. The quantitative estimate of drug-likeness (QED) is 0.265. The molecule has 0 aliphatic carbocycles. The van der Waals surface area contributed by atoms with Gasteiger partial charge in [-0.2, -0.15) is 9.97 Å². The predicted molar refractivity (Wildman–Crippen MR) is 93.3 cm³/mol. The van der Waals surface area contributed by atoms with E-state index < -0.39 is 0 Å². The molecule has 0 fully saturated rings. The number of hydrogen-bond acceptors (Lipinski definition) is 6. The van der Waals surface area contributed by atoms with Crippen LogP contribution in [0.2, 0.25) is 0 Å². The van der Waals surface area contributed by atoms with Gasteiger partial charge in [0.05, 0.1) is 5.39 Å². The van der Waals surface area contributed by atoms with Gasteiger partial charge in [-0.3, -0.25) is 5.41 Å². The number of nitrogens with two attached hydrogens (primary N) is 2. The lowest BCUT2D eigenvalue weighted by molar-refractivity contribution is 1.21. The van der Waals surface area contributed by atoms with Crippen LogP contribution in [-0.2, 0) is 0 Å². The normalized spacial score (nSPS) is 10.7. The lowest BCUT2D eigenvalue weighted by Gasteiger charge is -2.10. The van der Waals surface area contributed by atoms with Crippen molar-refractivity contribution in [3.8, 4) is 0 Å². The zero-order valence-corrected chi connectivity index (χ0v) is 13.0. The standard InChI is InChI=1S/C13H12IN7/c14-10(16)8-5-6(1-2-9(8)15)19-12-7-3-4-18-11(7)20-13(17)21-12/h1-5,16H,15H2,(H4,17,18,19,20,21). The van der Waals surface area contributed by atoms with Crippen LogP contribution < -0.4 is 16.8 Å². The molecule has 0 spiro atoms. The molecule has 2 aromatic heterocycles. The van der Waals surface area contributed by atoms with E-state index in [2.05, 4.69) is 20.3 Å². The number of hydrogen-bond donors (Lipinski definition) is 5. The molecule has 0 atom stereocenters. The van der Waals surface area contributed by atoms with Crippen molar-refractivity contribution in [2.75, 3.05) is 16.8 Å². The van der Waals surface area contributed by atoms with Gasteiger partial charge in [0, 0.05) is 23.1 Å². The third-order valence-corrected chi connectivity index (χ3v) is 3.57. The topological polar surface area (TPSA) is 129 Å². The highest BCUT2D eigenvalue weighted by Gasteiger charge is 2.09. The summed E-state index contributed by atoms with van der Waals surface area (Å²) in [6, 6.07) is 7.26. The fraction of sp³-hybridized carbons (Fsp3) is 0. The summed E-state index contributed by atoms with van der Waals surface area (Å²) in [5.41, 5.74) is 14.2. The van der Waals surface area contributed by atoms with E-state index in [0.717, 1.165) is 11.1 Å². The molecule has 0 bridgehead atoms. The van der Waals surface area contributed by atoms with Gasteiger partial charge in [-0.25, -0.2) is 0 Å². The molecule has 3 aromatic rings. The van der Waals surface area contributed by atoms with Crippen LogP contribution in [0.4, 0.5) is 23.1 Å². The average molecular weight is 393 g/mol. The molecule has 0 aliphatic rings. The van der Waals surface area contributed by atoms with E-state index in [4.69, 9.17) is 16.9 Å². The first-order valence-corrected chi connectivity index (χ1v) is 7.14. The van der Waals surface area contributed by atoms with Gasteiger partial charge in [0.2, 0.25) is 5.95 Å². The van der Waals surface area contributed by atoms with Crippen LogP contribution in [0.3, 0.4) is 0 Å². The van der Waals surface area contributed by atoms with Crippen molar-refractivity contribution >= 4 is 60.5 Å². The summed E-state index contributed by atoms with van der Waals surface area (Å²) in [7, 11) is 0. The van der Waals surface area contributed by atoms with Crippen molar-refractivity contribution in [1.29, 1.82) is 5.41 Å². The number of rotatable bonds is 3. The van der Waals surface area contributed by atoms with Crippen LogP contribution in [0.1, 0.15) is 5.56 Å². The van der Waals surface area contributed by atoms with Gasteiger partial charge in [0.1, 0.15) is 15.2 Å². The summed E-state index contributed by atoms with van der Waals surface area (Å²) in [5, 5.41) is 11.8. The van der Waals surface area contributed by atoms with Crippen molar-refractivity contribution in [3.05, 3.63) is 36.0 Å². The maximum Gasteiger partial charge on any atom is 0.224 e. The van der Waals surface area contributed by atoms with Crippen LogP contribution in [-0.4, -0.2) is 18.7 Å². The number of fused-ring (bicyclic) bond motifs is 1. The molecule has 0 amide bonds. The first kappa shape index (κ1) is 13.6. The Kier molecular flexibility index (Phi) is 3.37. The van der Waals surface area contributed by atoms with Gasteiger partial charge in [-0.05, 0) is 46.9 Å². The molecular weight excluding hydrogens is 381 g/mol. The first-order chi connectivity index (χ1) is 10.0. The first-order valence-electron chi connectivity index (χ1n) is 6.06. The zero-order chi connectivity index (χ0) is 15.0. The number of benzene rings is 1. The SMILES string of the molecule is N=C(I)c1cc(Nc2nc(N)nc3[nH]ccc23)ccc1N. The molecule has 21 heavy (non-hydrogen) atoms. The van der Waals surface area contributed by atoms with E-state index in [-0.39, 0.29) is 5.95 Å². The molecule has 0 saturated carbocycles. The molecule has 3 rings (SSSR count). The molecule has 106 valence electrons. The van der Waals surface area contributed by atoms with E-state index in [0.29, 0.717) is 26.4 Å². The number of nitrogens with one attached hydrogen (secondary N) is 3. The summed E-state index contributed by atoms with van der Waals surface area (Å²) in [4.78, 5) is 11.3. The number of H-pyrrole nitrogens is 1. The number of aromatic amines is 1. The summed E-state index contributed by atoms with van der Waals surface area (Å²) >= 11 is 1.93. The van der Waals surface area contributed by atoms with E-state index in [1.54, 1.807) is 18.3 Å². The second kappa shape index (κ2) is 5.20. The second-order valence-electron chi connectivity index (χ2n) is 4.41. The largest absolute Gasteiger partial charge is 0.398 e. The molecule has 7 N–H and O–H groups in total. The number of halogens is 1. The maximum absolute atomic E-state index is 7.72. The van der Waals surface area contributed by atoms with E-state index >= 15 is 0 Å². The summed E-state index contributed by atoms with van der Waals surface area (Å²) < 4.78 is 0.378. The Morgan fingerprint density at radius 2 is 2.05 bits per heavy atom. The van der Waals surface area contributed by atoms with Gasteiger partial charge in [0.15, 0.2) is 0 Å². The zero-order valence-electron chi connectivity index (χ0n) is 10.8. The Morgan fingerprint density at radius 1 is 1.24 bits per heavy atom. The van der Waals surface area contributed by atoms with Gasteiger partial charge < -0.3 is 21.8 Å². The Balaban J connectivity index is 2.04. The van der Waals surface area contributed by atoms with Gasteiger partial charge in [-0.15, -0.1) is 0 Å². The number of anilines is 4. The third-order valence-electron chi connectivity index (χ3n) is 2.99. The highest BCUT2D eigenvalue weighted by atomic mass is 127. The summed E-state index contributed by atoms with van der Waals surface area (Å²) in [6.45, 7) is 0. The fourth-order valence-corrected chi connectivity index (χ4v) is 2.48. The molecular formula is C13H12IN7. The van der Waals surface area contributed by atoms with Crippen LogP contribution in [0, 0.1) is 5.41 Å². The van der Waals surface area contributed by atoms with E-state index in [1.807, 2.05) is 34.7 Å². The van der Waals surface area contributed by atoms with Crippen LogP contribution in [0.5, 0.6) is 0 Å². The fourth-order valence-electron chi connectivity index (χ4n) is 2.01. The van der Waals surface area contributed by atoms with Gasteiger partial charge >= 0.3 is 0 Å². The molecule has 8 heteroatoms. The smallest absolute Gasteiger partial charge is 0.224 e. The molecule has 7 nitrogen and oxygen atoms in total. The van der Waals surface area contributed by atoms with E-state index in [1.165, 1.54) is 0 Å². The van der Waals surface area contributed by atoms with Crippen molar-refractivity contribution in [2.45, 2.75) is 0 Å². The number of nitrogen functional groups attached to an aromatic ring is 2. The second-order valence-corrected chi connectivity index (χ2v) is 5.49. The summed E-state index contributed by atoms with van der Waals surface area (Å²) in [5.74, 6) is 0.791. The monoisotopic (exact) mass is 393 g/mol. The molecule has 0 saturated heterocycles. The Labute approximate surface area is 133 Å². The van der Waals surface area contributed by atoms with Crippen molar-refractivity contribution in [2.24, 2.45) is 0 Å². The Bertz CT molecular complexity index is 840. The highest BCUT2D eigenvalue weighted by molar-refractivity contribution is 14.1. The molecule has 2 heterocycles. The number of aromatic nitrogens is 3. The van der Waals surface area contributed by atoms with Gasteiger partial charge in [0.25, 0.3) is 0 Å².